The first-order chi connectivity index (χ1) is 13.7. The van der Waals surface area contributed by atoms with Crippen molar-refractivity contribution in [2.24, 2.45) is 4.99 Å². The molecule has 1 saturated heterocycles. The second-order valence-corrected chi connectivity index (χ2v) is 7.97. The third-order valence-corrected chi connectivity index (χ3v) is 4.39. The molecule has 1 amide bonds. The Morgan fingerprint density at radius 2 is 1.76 bits per heavy atom. The van der Waals surface area contributed by atoms with E-state index in [9.17, 15) is 9.18 Å². The summed E-state index contributed by atoms with van der Waals surface area (Å²) in [5, 5.41) is 6.31. The molecule has 0 radical (unpaired) electrons. The summed E-state index contributed by atoms with van der Waals surface area (Å²) in [6, 6.07) is 5.23. The lowest BCUT2D eigenvalue weighted by atomic mass is 10.1. The van der Waals surface area contributed by atoms with Crippen LogP contribution in [0.3, 0.4) is 0 Å². The molecule has 0 aromatic heterocycles. The molecule has 8 heteroatoms. The van der Waals surface area contributed by atoms with E-state index in [2.05, 4.69) is 15.6 Å². The van der Waals surface area contributed by atoms with E-state index in [-0.39, 0.29) is 11.9 Å². The zero-order valence-electron chi connectivity index (χ0n) is 18.2. The zero-order valence-corrected chi connectivity index (χ0v) is 18.2. The Morgan fingerprint density at radius 1 is 1.14 bits per heavy atom. The van der Waals surface area contributed by atoms with Gasteiger partial charge in [0, 0.05) is 39.3 Å². The van der Waals surface area contributed by atoms with Gasteiger partial charge in [0.05, 0.1) is 12.2 Å². The summed E-state index contributed by atoms with van der Waals surface area (Å²) in [4.78, 5) is 20.3. The zero-order chi connectivity index (χ0) is 21.4. The van der Waals surface area contributed by atoms with Crippen LogP contribution in [0.4, 0.5) is 14.9 Å². The van der Waals surface area contributed by atoms with Crippen LogP contribution in [0.2, 0.25) is 0 Å². The maximum atomic E-state index is 14.7. The van der Waals surface area contributed by atoms with Crippen molar-refractivity contribution in [1.29, 1.82) is 0 Å². The Labute approximate surface area is 173 Å². The van der Waals surface area contributed by atoms with Crippen molar-refractivity contribution in [2.45, 2.75) is 46.8 Å². The number of ether oxygens (including phenoxy) is 1. The van der Waals surface area contributed by atoms with Gasteiger partial charge in [-0.3, -0.25) is 0 Å². The number of benzene rings is 1. The second kappa shape index (κ2) is 10.3. The van der Waals surface area contributed by atoms with E-state index in [1.165, 1.54) is 6.07 Å². The number of amides is 1. The molecule has 1 aliphatic rings. The Morgan fingerprint density at radius 3 is 2.28 bits per heavy atom. The lowest BCUT2D eigenvalue weighted by Gasteiger charge is -2.36. The summed E-state index contributed by atoms with van der Waals surface area (Å²) in [6.07, 6.45) is -0.317. The van der Waals surface area contributed by atoms with Gasteiger partial charge in [-0.15, -0.1) is 0 Å². The standard InChI is InChI=1S/C21H34FN5O2/c1-6-23-19(24-7-2)25-15-16-8-9-18(17(22)14-16)26-10-12-27(13-11-26)20(28)29-21(3,4)5/h8-9,14H,6-7,10-13,15H2,1-5H3,(H2,23,24,25). The first kappa shape index (κ1) is 22.8. The van der Waals surface area contributed by atoms with Crippen molar-refractivity contribution >= 4 is 17.7 Å². The number of guanidine groups is 1. The van der Waals surface area contributed by atoms with Gasteiger partial charge in [0.25, 0.3) is 0 Å². The molecule has 0 bridgehead atoms. The lowest BCUT2D eigenvalue weighted by Crippen LogP contribution is -2.50. The first-order valence-corrected chi connectivity index (χ1v) is 10.3. The number of carbonyl (C=O) groups excluding carboxylic acids is 1. The van der Waals surface area contributed by atoms with Gasteiger partial charge in [0.15, 0.2) is 5.96 Å². The summed E-state index contributed by atoms with van der Waals surface area (Å²) in [6.45, 7) is 13.7. The number of piperazine rings is 1. The van der Waals surface area contributed by atoms with Crippen LogP contribution in [0, 0.1) is 5.82 Å². The Balaban J connectivity index is 1.96. The van der Waals surface area contributed by atoms with Crippen LogP contribution in [-0.4, -0.2) is 61.8 Å². The number of halogens is 1. The molecule has 1 aliphatic heterocycles. The van der Waals surface area contributed by atoms with Crippen molar-refractivity contribution in [3.8, 4) is 0 Å². The summed E-state index contributed by atoms with van der Waals surface area (Å²) < 4.78 is 20.1. The topological polar surface area (TPSA) is 69.2 Å². The van der Waals surface area contributed by atoms with E-state index in [1.54, 1.807) is 11.0 Å². The van der Waals surface area contributed by atoms with Crippen molar-refractivity contribution < 1.29 is 13.9 Å². The number of nitrogens with zero attached hydrogens (tertiary/aromatic N) is 3. The number of anilines is 1. The Hall–Kier alpha value is -2.51. The van der Waals surface area contributed by atoms with Gasteiger partial charge in [0.1, 0.15) is 11.4 Å². The highest BCUT2D eigenvalue weighted by molar-refractivity contribution is 5.79. The molecule has 0 unspecified atom stereocenters. The third kappa shape index (κ3) is 7.11. The molecule has 0 spiro atoms. The fraction of sp³-hybridized carbons (Fsp3) is 0.619. The summed E-state index contributed by atoms with van der Waals surface area (Å²) in [5.41, 5.74) is 0.852. The normalized spacial score (nSPS) is 14.4. The van der Waals surface area contributed by atoms with Crippen LogP contribution in [0.15, 0.2) is 23.2 Å². The molecule has 29 heavy (non-hydrogen) atoms. The van der Waals surface area contributed by atoms with E-state index in [4.69, 9.17) is 4.74 Å². The summed E-state index contributed by atoms with van der Waals surface area (Å²) >= 11 is 0. The van der Waals surface area contributed by atoms with Crippen molar-refractivity contribution in [3.63, 3.8) is 0 Å². The van der Waals surface area contributed by atoms with Gasteiger partial charge in [-0.2, -0.15) is 0 Å². The van der Waals surface area contributed by atoms with Gasteiger partial charge >= 0.3 is 6.09 Å². The second-order valence-electron chi connectivity index (χ2n) is 7.97. The largest absolute Gasteiger partial charge is 0.444 e. The van der Waals surface area contributed by atoms with Crippen LogP contribution in [0.5, 0.6) is 0 Å². The van der Waals surface area contributed by atoms with Gasteiger partial charge in [0.2, 0.25) is 0 Å². The minimum atomic E-state index is -0.516. The molecule has 1 aromatic rings. The molecule has 162 valence electrons. The number of rotatable bonds is 5. The molecule has 7 nitrogen and oxygen atoms in total. The molecule has 0 atom stereocenters. The highest BCUT2D eigenvalue weighted by Crippen LogP contribution is 2.23. The number of aliphatic imine (C=N–C) groups is 1. The van der Waals surface area contributed by atoms with Gasteiger partial charge in [-0.1, -0.05) is 6.07 Å². The molecule has 2 N–H and O–H groups in total. The van der Waals surface area contributed by atoms with E-state index in [1.807, 2.05) is 45.6 Å². The minimum Gasteiger partial charge on any atom is -0.444 e. The molecular formula is C21H34FN5O2. The smallest absolute Gasteiger partial charge is 0.410 e. The Bertz CT molecular complexity index is 702. The predicted molar refractivity (Wildman–Crippen MR) is 115 cm³/mol. The van der Waals surface area contributed by atoms with Crippen LogP contribution in [0.25, 0.3) is 0 Å². The average Bonchev–Trinajstić information content (AvgIpc) is 2.65. The number of hydrogen-bond acceptors (Lipinski definition) is 4. The van der Waals surface area contributed by atoms with Crippen molar-refractivity contribution in [1.82, 2.24) is 15.5 Å². The van der Waals surface area contributed by atoms with E-state index >= 15 is 0 Å². The minimum absolute atomic E-state index is 0.267. The maximum absolute atomic E-state index is 14.7. The van der Waals surface area contributed by atoms with Crippen molar-refractivity contribution in [2.75, 3.05) is 44.2 Å². The molecule has 1 heterocycles. The van der Waals surface area contributed by atoms with Crippen molar-refractivity contribution in [3.05, 3.63) is 29.6 Å². The molecule has 1 fully saturated rings. The van der Waals surface area contributed by atoms with Gasteiger partial charge in [-0.05, 0) is 52.3 Å². The van der Waals surface area contributed by atoms with Crippen LogP contribution in [0.1, 0.15) is 40.2 Å². The molecular weight excluding hydrogens is 373 g/mol. The molecule has 2 rings (SSSR count). The summed E-state index contributed by atoms with van der Waals surface area (Å²) in [5.74, 6) is 0.453. The highest BCUT2D eigenvalue weighted by atomic mass is 19.1. The van der Waals surface area contributed by atoms with Gasteiger partial charge < -0.3 is 25.2 Å². The van der Waals surface area contributed by atoms with Crippen LogP contribution in [-0.2, 0) is 11.3 Å². The fourth-order valence-electron chi connectivity index (χ4n) is 3.04. The van der Waals surface area contributed by atoms with E-state index < -0.39 is 5.60 Å². The third-order valence-electron chi connectivity index (χ3n) is 4.39. The predicted octanol–water partition coefficient (Wildman–Crippen LogP) is 2.96. The van der Waals surface area contributed by atoms with E-state index in [0.717, 1.165) is 24.6 Å². The average molecular weight is 408 g/mol. The maximum Gasteiger partial charge on any atom is 0.410 e. The fourth-order valence-corrected chi connectivity index (χ4v) is 3.04. The number of carbonyl (C=O) groups is 1. The van der Waals surface area contributed by atoms with Gasteiger partial charge in [-0.25, -0.2) is 14.2 Å². The number of hydrogen-bond donors (Lipinski definition) is 2. The molecule has 0 saturated carbocycles. The van der Waals surface area contributed by atoms with Crippen LogP contribution < -0.4 is 15.5 Å². The summed E-state index contributed by atoms with van der Waals surface area (Å²) in [7, 11) is 0. The molecule has 0 aliphatic carbocycles. The van der Waals surface area contributed by atoms with E-state index in [0.29, 0.717) is 38.4 Å². The molecule has 1 aromatic carbocycles. The lowest BCUT2D eigenvalue weighted by molar-refractivity contribution is 0.0240. The monoisotopic (exact) mass is 407 g/mol. The highest BCUT2D eigenvalue weighted by Gasteiger charge is 2.26. The first-order valence-electron chi connectivity index (χ1n) is 10.3. The SMILES string of the molecule is CCNC(=NCc1ccc(N2CCN(C(=O)OC(C)(C)C)CC2)c(F)c1)NCC. The van der Waals surface area contributed by atoms with Crippen LogP contribution >= 0.6 is 0 Å². The quantitative estimate of drug-likeness (QED) is 0.580. The Kier molecular flexibility index (Phi) is 8.10. The number of nitrogens with one attached hydrogen (secondary N) is 2.